The summed E-state index contributed by atoms with van der Waals surface area (Å²) < 4.78 is 80.8. The number of hydrogen-bond acceptors (Lipinski definition) is 1. The number of nitrogens with one attached hydrogen (secondary N) is 1. The largest absolute Gasteiger partial charge is 0.416 e. The smallest absolute Gasteiger partial charge is 0.345 e. The second kappa shape index (κ2) is 10.3. The summed E-state index contributed by atoms with van der Waals surface area (Å²) >= 11 is 0. The lowest BCUT2D eigenvalue weighted by Crippen LogP contribution is -2.35. The van der Waals surface area contributed by atoms with Crippen LogP contribution in [0.25, 0.3) is 0 Å². The van der Waals surface area contributed by atoms with Gasteiger partial charge < -0.3 is 14.8 Å². The Labute approximate surface area is 198 Å². The highest BCUT2D eigenvalue weighted by atomic mass is 19.4. The molecule has 1 heterocycles. The van der Waals surface area contributed by atoms with Crippen molar-refractivity contribution in [3.05, 3.63) is 101 Å². The number of halogens is 6. The SMILES string of the molecule is C=CCN(Cc1cccn1Cc1cccc(C)c1)C(=O)Nc1cc(C(F)(F)F)cc(C(F)(F)F)c1. The van der Waals surface area contributed by atoms with E-state index < -0.39 is 35.2 Å². The molecular weight excluding hydrogens is 472 g/mol. The number of hydrogen-bond donors (Lipinski definition) is 1. The fraction of sp³-hybridized carbons (Fsp3) is 0.240. The number of aryl methyl sites for hydroxylation is 1. The lowest BCUT2D eigenvalue weighted by molar-refractivity contribution is -0.143. The Kier molecular flexibility index (Phi) is 7.62. The molecule has 0 spiro atoms. The van der Waals surface area contributed by atoms with E-state index in [0.29, 0.717) is 18.7 Å². The summed E-state index contributed by atoms with van der Waals surface area (Å²) in [7, 11) is 0. The van der Waals surface area contributed by atoms with Gasteiger partial charge in [-0.05, 0) is 42.8 Å². The summed E-state index contributed by atoms with van der Waals surface area (Å²) in [6, 6.07) is 11.5. The van der Waals surface area contributed by atoms with E-state index in [1.165, 1.54) is 11.0 Å². The molecule has 1 N–H and O–H groups in total. The molecule has 3 aromatic rings. The monoisotopic (exact) mass is 495 g/mol. The molecule has 0 radical (unpaired) electrons. The van der Waals surface area contributed by atoms with Crippen LogP contribution in [0.3, 0.4) is 0 Å². The molecule has 0 aliphatic rings. The molecule has 2 amide bonds. The van der Waals surface area contributed by atoms with Crippen LogP contribution in [0.2, 0.25) is 0 Å². The van der Waals surface area contributed by atoms with E-state index in [9.17, 15) is 31.1 Å². The zero-order valence-electron chi connectivity index (χ0n) is 18.7. The van der Waals surface area contributed by atoms with Gasteiger partial charge in [0.25, 0.3) is 0 Å². The first kappa shape index (κ1) is 25.9. The average molecular weight is 495 g/mol. The molecule has 4 nitrogen and oxygen atoms in total. The summed E-state index contributed by atoms with van der Waals surface area (Å²) in [5.41, 5.74) is -0.784. The number of urea groups is 1. The molecule has 10 heteroatoms. The van der Waals surface area contributed by atoms with E-state index in [4.69, 9.17) is 0 Å². The third-order valence-corrected chi connectivity index (χ3v) is 5.19. The van der Waals surface area contributed by atoms with Gasteiger partial charge in [0, 0.05) is 30.7 Å². The standard InChI is InChI=1S/C25H23F6N3O/c1-3-9-34(16-22-8-5-10-33(22)15-18-7-4-6-17(2)11-18)23(35)32-21-13-19(24(26,27)28)12-20(14-21)25(29,30)31/h3-8,10-14H,1,9,15-16H2,2H3,(H,32,35). The molecule has 0 aliphatic carbocycles. The minimum absolute atomic E-state index is 0.00927. The predicted molar refractivity (Wildman–Crippen MR) is 121 cm³/mol. The lowest BCUT2D eigenvalue weighted by Gasteiger charge is -2.23. The summed E-state index contributed by atoms with van der Waals surface area (Å²) in [5, 5.41) is 2.17. The van der Waals surface area contributed by atoms with E-state index >= 15 is 0 Å². The van der Waals surface area contributed by atoms with Crippen molar-refractivity contribution < 1.29 is 31.1 Å². The van der Waals surface area contributed by atoms with E-state index in [-0.39, 0.29) is 19.2 Å². The van der Waals surface area contributed by atoms with Gasteiger partial charge in [0.2, 0.25) is 0 Å². The average Bonchev–Trinajstić information content (AvgIpc) is 3.18. The summed E-state index contributed by atoms with van der Waals surface area (Å²) in [6.07, 6.45) is -6.79. The van der Waals surface area contributed by atoms with Gasteiger partial charge in [0.1, 0.15) is 0 Å². The highest BCUT2D eigenvalue weighted by Gasteiger charge is 2.37. The van der Waals surface area contributed by atoms with Crippen LogP contribution in [0, 0.1) is 6.92 Å². The fourth-order valence-electron chi connectivity index (χ4n) is 3.55. The number of amides is 2. The Morgan fingerprint density at radius 2 is 1.66 bits per heavy atom. The first-order valence-corrected chi connectivity index (χ1v) is 10.5. The van der Waals surface area contributed by atoms with E-state index in [2.05, 4.69) is 11.9 Å². The van der Waals surface area contributed by atoms with Crippen LogP contribution < -0.4 is 5.32 Å². The maximum Gasteiger partial charge on any atom is 0.416 e. The zero-order valence-corrected chi connectivity index (χ0v) is 18.7. The number of carbonyl (C=O) groups is 1. The molecule has 186 valence electrons. The predicted octanol–water partition coefficient (Wildman–Crippen LogP) is 7.10. The number of aromatic nitrogens is 1. The number of benzene rings is 2. The number of rotatable bonds is 7. The van der Waals surface area contributed by atoms with Gasteiger partial charge in [-0.25, -0.2) is 4.79 Å². The van der Waals surface area contributed by atoms with Gasteiger partial charge >= 0.3 is 18.4 Å². The molecule has 3 rings (SSSR count). The van der Waals surface area contributed by atoms with E-state index in [1.807, 2.05) is 42.0 Å². The van der Waals surface area contributed by atoms with Gasteiger partial charge in [0.15, 0.2) is 0 Å². The third kappa shape index (κ3) is 6.91. The van der Waals surface area contributed by atoms with Crippen LogP contribution in [0.5, 0.6) is 0 Å². The van der Waals surface area contributed by atoms with Gasteiger partial charge in [-0.3, -0.25) is 0 Å². The molecule has 0 aliphatic heterocycles. The van der Waals surface area contributed by atoms with Crippen molar-refractivity contribution in [2.45, 2.75) is 32.4 Å². The Balaban J connectivity index is 1.83. The first-order valence-electron chi connectivity index (χ1n) is 10.5. The molecule has 2 aromatic carbocycles. The number of nitrogens with zero attached hydrogens (tertiary/aromatic N) is 2. The Morgan fingerprint density at radius 1 is 1.00 bits per heavy atom. The number of alkyl halides is 6. The van der Waals surface area contributed by atoms with E-state index in [1.54, 1.807) is 12.1 Å². The molecule has 0 bridgehead atoms. The molecular formula is C25H23F6N3O. The Hall–Kier alpha value is -3.69. The molecule has 1 aromatic heterocycles. The molecule has 0 saturated carbocycles. The van der Waals surface area contributed by atoms with Gasteiger partial charge in [0.05, 0.1) is 17.7 Å². The van der Waals surface area contributed by atoms with Crippen molar-refractivity contribution in [2.75, 3.05) is 11.9 Å². The normalized spacial score (nSPS) is 11.9. The van der Waals surface area contributed by atoms with Crippen LogP contribution in [0.15, 0.2) is 73.4 Å². The van der Waals surface area contributed by atoms with Crippen molar-refractivity contribution in [3.8, 4) is 0 Å². The Morgan fingerprint density at radius 3 is 2.23 bits per heavy atom. The van der Waals surface area contributed by atoms with Crippen molar-refractivity contribution in [1.29, 1.82) is 0 Å². The molecule has 0 saturated heterocycles. The van der Waals surface area contributed by atoms with E-state index in [0.717, 1.165) is 16.8 Å². The minimum Gasteiger partial charge on any atom is -0.345 e. The minimum atomic E-state index is -5.02. The number of anilines is 1. The summed E-state index contributed by atoms with van der Waals surface area (Å²) in [4.78, 5) is 14.1. The lowest BCUT2D eigenvalue weighted by atomic mass is 10.1. The van der Waals surface area contributed by atoms with Crippen molar-refractivity contribution in [1.82, 2.24) is 9.47 Å². The van der Waals surface area contributed by atoms with Crippen molar-refractivity contribution in [3.63, 3.8) is 0 Å². The molecule has 0 fully saturated rings. The summed E-state index contributed by atoms with van der Waals surface area (Å²) in [5.74, 6) is 0. The molecule has 0 unspecified atom stereocenters. The van der Waals surface area contributed by atoms with Crippen LogP contribution in [-0.4, -0.2) is 22.0 Å². The molecule has 35 heavy (non-hydrogen) atoms. The van der Waals surface area contributed by atoms with Gasteiger partial charge in [-0.1, -0.05) is 35.9 Å². The maximum atomic E-state index is 13.1. The Bertz CT molecular complexity index is 1160. The second-order valence-electron chi connectivity index (χ2n) is 8.01. The van der Waals surface area contributed by atoms with Gasteiger partial charge in [-0.2, -0.15) is 26.3 Å². The maximum absolute atomic E-state index is 13.1. The van der Waals surface area contributed by atoms with Crippen LogP contribution >= 0.6 is 0 Å². The van der Waals surface area contributed by atoms with Crippen LogP contribution in [-0.2, 0) is 25.4 Å². The summed E-state index contributed by atoms with van der Waals surface area (Å²) in [6.45, 7) is 6.15. The highest BCUT2D eigenvalue weighted by Crippen LogP contribution is 2.37. The third-order valence-electron chi connectivity index (χ3n) is 5.19. The molecule has 0 atom stereocenters. The van der Waals surface area contributed by atoms with Crippen LogP contribution in [0.1, 0.15) is 27.9 Å². The number of carbonyl (C=O) groups excluding carboxylic acids is 1. The van der Waals surface area contributed by atoms with Crippen molar-refractivity contribution >= 4 is 11.7 Å². The fourth-order valence-corrected chi connectivity index (χ4v) is 3.55. The topological polar surface area (TPSA) is 37.3 Å². The van der Waals surface area contributed by atoms with Crippen molar-refractivity contribution in [2.24, 2.45) is 0 Å². The highest BCUT2D eigenvalue weighted by molar-refractivity contribution is 5.89. The van der Waals surface area contributed by atoms with Crippen LogP contribution in [0.4, 0.5) is 36.8 Å². The second-order valence-corrected chi connectivity index (χ2v) is 8.01. The van der Waals surface area contributed by atoms with Gasteiger partial charge in [-0.15, -0.1) is 6.58 Å². The zero-order chi connectivity index (χ0) is 25.8. The first-order chi connectivity index (χ1) is 16.4. The quantitative estimate of drug-likeness (QED) is 0.276.